The predicted octanol–water partition coefficient (Wildman–Crippen LogP) is 6.65. The summed E-state index contributed by atoms with van der Waals surface area (Å²) in [4.78, 5) is 28.5. The SMILES string of the molecule is CCCCNC(=O)C(C)N(Cc1c(Cl)cccc1Cl)C(=O)CN(c1ccc(C(C)C)cc1)S(=O)(=O)c1ccccc1. The molecule has 0 fully saturated rings. The molecule has 0 saturated carbocycles. The highest BCUT2D eigenvalue weighted by Gasteiger charge is 2.33. The van der Waals surface area contributed by atoms with E-state index >= 15 is 0 Å². The summed E-state index contributed by atoms with van der Waals surface area (Å²) in [6, 6.07) is 19.1. The second-order valence-electron chi connectivity index (χ2n) is 10.1. The van der Waals surface area contributed by atoms with E-state index in [4.69, 9.17) is 23.2 Å². The summed E-state index contributed by atoms with van der Waals surface area (Å²) in [5.74, 6) is -0.687. The van der Waals surface area contributed by atoms with Crippen LogP contribution in [0.1, 0.15) is 57.6 Å². The fraction of sp³-hybridized carbons (Fsp3) is 0.355. The first-order valence-corrected chi connectivity index (χ1v) is 15.8. The van der Waals surface area contributed by atoms with Gasteiger partial charge in [-0.15, -0.1) is 0 Å². The van der Waals surface area contributed by atoms with Gasteiger partial charge < -0.3 is 10.2 Å². The van der Waals surface area contributed by atoms with Crippen molar-refractivity contribution in [2.45, 2.75) is 63.9 Å². The van der Waals surface area contributed by atoms with Crippen molar-refractivity contribution < 1.29 is 18.0 Å². The first-order chi connectivity index (χ1) is 19.5. The number of halogens is 2. The molecule has 0 aliphatic heterocycles. The molecule has 0 heterocycles. The van der Waals surface area contributed by atoms with Crippen LogP contribution in [0.4, 0.5) is 5.69 Å². The van der Waals surface area contributed by atoms with E-state index in [-0.39, 0.29) is 23.3 Å². The van der Waals surface area contributed by atoms with Crippen LogP contribution < -0.4 is 9.62 Å². The Bertz CT molecular complexity index is 1410. The Kier molecular flexibility index (Phi) is 11.6. The van der Waals surface area contributed by atoms with Crippen LogP contribution in [0, 0.1) is 0 Å². The minimum absolute atomic E-state index is 0.0480. The highest BCUT2D eigenvalue weighted by molar-refractivity contribution is 7.92. The molecule has 220 valence electrons. The summed E-state index contributed by atoms with van der Waals surface area (Å²) in [5.41, 5.74) is 1.84. The molecule has 3 aromatic rings. The number of rotatable bonds is 13. The molecule has 0 aliphatic rings. The zero-order valence-electron chi connectivity index (χ0n) is 23.8. The predicted molar refractivity (Wildman–Crippen MR) is 166 cm³/mol. The highest BCUT2D eigenvalue weighted by atomic mass is 35.5. The van der Waals surface area contributed by atoms with E-state index in [0.717, 1.165) is 22.7 Å². The smallest absolute Gasteiger partial charge is 0.264 e. The van der Waals surface area contributed by atoms with Crippen LogP contribution >= 0.6 is 23.2 Å². The lowest BCUT2D eigenvalue weighted by molar-refractivity contribution is -0.139. The Morgan fingerprint density at radius 3 is 2.05 bits per heavy atom. The molecule has 1 unspecified atom stereocenters. The number of hydrogen-bond donors (Lipinski definition) is 1. The van der Waals surface area contributed by atoms with Crippen molar-refractivity contribution in [3.8, 4) is 0 Å². The number of anilines is 1. The Morgan fingerprint density at radius 2 is 1.49 bits per heavy atom. The molecule has 3 aromatic carbocycles. The Balaban J connectivity index is 2.04. The summed E-state index contributed by atoms with van der Waals surface area (Å²) in [6.07, 6.45) is 1.69. The Morgan fingerprint density at radius 1 is 0.878 bits per heavy atom. The minimum atomic E-state index is -4.14. The molecule has 41 heavy (non-hydrogen) atoms. The van der Waals surface area contributed by atoms with Crippen molar-refractivity contribution in [3.63, 3.8) is 0 Å². The van der Waals surface area contributed by atoms with Gasteiger partial charge in [-0.3, -0.25) is 13.9 Å². The molecule has 0 aliphatic carbocycles. The summed E-state index contributed by atoms with van der Waals surface area (Å²) in [6.45, 7) is 7.56. The van der Waals surface area contributed by atoms with E-state index in [2.05, 4.69) is 5.32 Å². The van der Waals surface area contributed by atoms with Crippen molar-refractivity contribution in [3.05, 3.63) is 94.0 Å². The summed E-state index contributed by atoms with van der Waals surface area (Å²) < 4.78 is 28.9. The van der Waals surface area contributed by atoms with Crippen molar-refractivity contribution in [1.29, 1.82) is 0 Å². The second kappa shape index (κ2) is 14.7. The van der Waals surface area contributed by atoms with Gasteiger partial charge in [0.25, 0.3) is 10.0 Å². The molecule has 10 heteroatoms. The largest absolute Gasteiger partial charge is 0.354 e. The molecular weight excluding hydrogens is 581 g/mol. The number of carbonyl (C=O) groups excluding carboxylic acids is 2. The maximum atomic E-state index is 14.0. The minimum Gasteiger partial charge on any atom is -0.354 e. The fourth-order valence-electron chi connectivity index (χ4n) is 4.25. The third-order valence-corrected chi connectivity index (χ3v) is 9.34. The zero-order valence-corrected chi connectivity index (χ0v) is 26.1. The normalized spacial score (nSPS) is 12.2. The number of benzene rings is 3. The zero-order chi connectivity index (χ0) is 30.2. The van der Waals surface area contributed by atoms with Crippen LogP contribution in [-0.2, 0) is 26.2 Å². The molecule has 2 amide bonds. The van der Waals surface area contributed by atoms with Gasteiger partial charge in [-0.25, -0.2) is 8.42 Å². The molecule has 0 radical (unpaired) electrons. The van der Waals surface area contributed by atoms with Crippen LogP contribution in [0.25, 0.3) is 0 Å². The average molecular weight is 619 g/mol. The van der Waals surface area contributed by atoms with E-state index < -0.39 is 28.5 Å². The number of unbranched alkanes of at least 4 members (excludes halogenated alkanes) is 1. The van der Waals surface area contributed by atoms with Gasteiger partial charge in [0, 0.05) is 28.7 Å². The first kappa shape index (κ1) is 32.4. The van der Waals surface area contributed by atoms with Gasteiger partial charge in [0.15, 0.2) is 0 Å². The Hall–Kier alpha value is -3.07. The van der Waals surface area contributed by atoms with Crippen molar-refractivity contribution in [1.82, 2.24) is 10.2 Å². The molecule has 3 rings (SSSR count). The summed E-state index contributed by atoms with van der Waals surface area (Å²) in [5, 5.41) is 3.54. The highest BCUT2D eigenvalue weighted by Crippen LogP contribution is 2.29. The number of sulfonamides is 1. The lowest BCUT2D eigenvalue weighted by Crippen LogP contribution is -2.51. The molecule has 1 N–H and O–H groups in total. The van der Waals surface area contributed by atoms with Crippen LogP contribution in [0.5, 0.6) is 0 Å². The van der Waals surface area contributed by atoms with Gasteiger partial charge in [0.2, 0.25) is 11.8 Å². The lowest BCUT2D eigenvalue weighted by Gasteiger charge is -2.32. The maximum absolute atomic E-state index is 14.0. The van der Waals surface area contributed by atoms with Gasteiger partial charge in [0.1, 0.15) is 12.6 Å². The number of carbonyl (C=O) groups is 2. The first-order valence-electron chi connectivity index (χ1n) is 13.6. The number of nitrogens with zero attached hydrogens (tertiary/aromatic N) is 2. The number of amides is 2. The van der Waals surface area contributed by atoms with Gasteiger partial charge in [0.05, 0.1) is 10.6 Å². The fourth-order valence-corrected chi connectivity index (χ4v) is 6.20. The van der Waals surface area contributed by atoms with Crippen molar-refractivity contribution >= 4 is 50.7 Å². The van der Waals surface area contributed by atoms with E-state index in [1.807, 2.05) is 32.9 Å². The molecule has 0 spiro atoms. The molecule has 1 atom stereocenters. The Labute approximate surface area is 253 Å². The quantitative estimate of drug-likeness (QED) is 0.218. The second-order valence-corrected chi connectivity index (χ2v) is 12.8. The van der Waals surface area contributed by atoms with Gasteiger partial charge >= 0.3 is 0 Å². The van der Waals surface area contributed by atoms with Gasteiger partial charge in [-0.05, 0) is 61.2 Å². The summed E-state index contributed by atoms with van der Waals surface area (Å²) in [7, 11) is -4.14. The summed E-state index contributed by atoms with van der Waals surface area (Å²) >= 11 is 12.9. The lowest BCUT2D eigenvalue weighted by atomic mass is 10.0. The molecule has 0 saturated heterocycles. The van der Waals surface area contributed by atoms with Gasteiger partial charge in [-0.2, -0.15) is 0 Å². The third kappa shape index (κ3) is 8.24. The molecular formula is C31H37Cl2N3O4S. The van der Waals surface area contributed by atoms with Crippen molar-refractivity contribution in [2.24, 2.45) is 0 Å². The van der Waals surface area contributed by atoms with E-state index in [1.54, 1.807) is 55.5 Å². The molecule has 7 nitrogen and oxygen atoms in total. The van der Waals surface area contributed by atoms with Crippen LogP contribution in [0.3, 0.4) is 0 Å². The average Bonchev–Trinajstić information content (AvgIpc) is 2.96. The van der Waals surface area contributed by atoms with E-state index in [0.29, 0.717) is 27.8 Å². The van der Waals surface area contributed by atoms with Crippen molar-refractivity contribution in [2.75, 3.05) is 17.4 Å². The van der Waals surface area contributed by atoms with Crippen LogP contribution in [-0.4, -0.2) is 44.3 Å². The number of hydrogen-bond acceptors (Lipinski definition) is 4. The maximum Gasteiger partial charge on any atom is 0.264 e. The topological polar surface area (TPSA) is 86.8 Å². The van der Waals surface area contributed by atoms with E-state index in [1.165, 1.54) is 17.0 Å². The molecule has 0 bridgehead atoms. The van der Waals surface area contributed by atoms with Crippen LogP contribution in [0.15, 0.2) is 77.7 Å². The van der Waals surface area contributed by atoms with E-state index in [9.17, 15) is 18.0 Å². The monoisotopic (exact) mass is 617 g/mol. The van der Waals surface area contributed by atoms with Crippen LogP contribution in [0.2, 0.25) is 10.0 Å². The standard InChI is InChI=1S/C31H37Cl2N3O4S/c1-5-6-19-34-31(38)23(4)35(20-27-28(32)13-10-14-29(27)33)30(37)21-36(25-17-15-24(16-18-25)22(2)3)41(39,40)26-11-8-7-9-12-26/h7-18,22-23H,5-6,19-21H2,1-4H3,(H,34,38). The number of nitrogens with one attached hydrogen (secondary N) is 1. The third-order valence-electron chi connectivity index (χ3n) is 6.84. The van der Waals surface area contributed by atoms with Gasteiger partial charge in [-0.1, -0.05) is 86.8 Å². The molecule has 0 aromatic heterocycles.